The molecule has 18 heavy (non-hydrogen) atoms. The van der Waals surface area contributed by atoms with E-state index in [0.717, 1.165) is 5.56 Å². The van der Waals surface area contributed by atoms with Crippen LogP contribution in [-0.2, 0) is 14.3 Å². The number of hydrogen-bond acceptors (Lipinski definition) is 5. The lowest BCUT2D eigenvalue weighted by molar-refractivity contribution is -0.164. The molecule has 1 saturated heterocycles. The molecule has 1 atom stereocenters. The summed E-state index contributed by atoms with van der Waals surface area (Å²) in [5.74, 6) is -0.223. The van der Waals surface area contributed by atoms with E-state index in [1.54, 1.807) is 25.3 Å². The molecular weight excluding hydrogens is 236 g/mol. The van der Waals surface area contributed by atoms with Gasteiger partial charge in [0.2, 0.25) is 0 Å². The van der Waals surface area contributed by atoms with E-state index in [4.69, 9.17) is 9.47 Å². The lowest BCUT2D eigenvalue weighted by Gasteiger charge is -2.20. The highest BCUT2D eigenvalue weighted by Gasteiger charge is 2.30. The van der Waals surface area contributed by atoms with E-state index in [9.17, 15) is 9.59 Å². The number of hydrogen-bond donors (Lipinski definition) is 0. The number of cyclic esters (lactones) is 2. The lowest BCUT2D eigenvalue weighted by Crippen LogP contribution is -2.26. The fourth-order valence-corrected chi connectivity index (χ4v) is 1.99. The number of carbonyl (C=O) groups excluding carboxylic acids is 2. The third-order valence-corrected chi connectivity index (χ3v) is 2.95. The van der Waals surface area contributed by atoms with Crippen LogP contribution in [0.3, 0.4) is 0 Å². The normalized spacial score (nSPS) is 19.3. The van der Waals surface area contributed by atoms with Crippen LogP contribution in [0.2, 0.25) is 0 Å². The van der Waals surface area contributed by atoms with Gasteiger partial charge in [-0.25, -0.2) is 0 Å². The third kappa shape index (κ3) is 2.30. The zero-order chi connectivity index (χ0) is 13.1. The molecule has 0 amide bonds. The molecule has 0 spiro atoms. The molecule has 5 nitrogen and oxygen atoms in total. The van der Waals surface area contributed by atoms with Gasteiger partial charge in [-0.05, 0) is 24.1 Å². The lowest BCUT2D eigenvalue weighted by atomic mass is 9.92. The quantitative estimate of drug-likeness (QED) is 0.603. The van der Waals surface area contributed by atoms with E-state index in [2.05, 4.69) is 4.74 Å². The zero-order valence-corrected chi connectivity index (χ0v) is 10.3. The Kier molecular flexibility index (Phi) is 3.50. The summed E-state index contributed by atoms with van der Waals surface area (Å²) in [6.45, 7) is 0. The van der Waals surface area contributed by atoms with Crippen LogP contribution in [0.25, 0.3) is 0 Å². The Labute approximate surface area is 105 Å². The van der Waals surface area contributed by atoms with Gasteiger partial charge >= 0.3 is 11.9 Å². The first-order chi connectivity index (χ1) is 8.65. The predicted molar refractivity (Wildman–Crippen MR) is 62.6 cm³/mol. The van der Waals surface area contributed by atoms with Crippen LogP contribution in [0.1, 0.15) is 24.3 Å². The number of ether oxygens (including phenoxy) is 3. The highest BCUT2D eigenvalue weighted by molar-refractivity contribution is 5.92. The number of benzene rings is 1. The second-order valence-electron chi connectivity index (χ2n) is 4.00. The van der Waals surface area contributed by atoms with Crippen LogP contribution < -0.4 is 9.47 Å². The van der Waals surface area contributed by atoms with Crippen molar-refractivity contribution in [1.82, 2.24) is 0 Å². The molecule has 96 valence electrons. The predicted octanol–water partition coefficient (Wildman–Crippen LogP) is 1.65. The van der Waals surface area contributed by atoms with Gasteiger partial charge in [0.15, 0.2) is 11.5 Å². The van der Waals surface area contributed by atoms with Crippen LogP contribution in [0.15, 0.2) is 18.2 Å². The second kappa shape index (κ2) is 5.08. The molecule has 0 N–H and O–H groups in total. The van der Waals surface area contributed by atoms with Gasteiger partial charge in [0.05, 0.1) is 20.1 Å². The topological polar surface area (TPSA) is 61.8 Å². The molecule has 1 aliphatic heterocycles. The number of carbonyl (C=O) groups is 2. The van der Waals surface area contributed by atoms with Gasteiger partial charge in [0.1, 0.15) is 0 Å². The van der Waals surface area contributed by atoms with E-state index in [0.29, 0.717) is 17.9 Å². The third-order valence-electron chi connectivity index (χ3n) is 2.95. The highest BCUT2D eigenvalue weighted by atomic mass is 16.6. The molecule has 0 radical (unpaired) electrons. The average molecular weight is 250 g/mol. The number of esters is 2. The molecule has 1 fully saturated rings. The molecule has 5 heteroatoms. The van der Waals surface area contributed by atoms with Crippen LogP contribution >= 0.6 is 0 Å². The minimum absolute atomic E-state index is 0.255. The summed E-state index contributed by atoms with van der Waals surface area (Å²) in [7, 11) is 3.08. The molecule has 0 saturated carbocycles. The van der Waals surface area contributed by atoms with Gasteiger partial charge in [0, 0.05) is 6.42 Å². The molecular formula is C13H14O5. The van der Waals surface area contributed by atoms with E-state index in [-0.39, 0.29) is 6.42 Å². The van der Waals surface area contributed by atoms with Crippen molar-refractivity contribution in [3.05, 3.63) is 23.8 Å². The Morgan fingerprint density at radius 1 is 1.17 bits per heavy atom. The monoisotopic (exact) mass is 250 g/mol. The highest BCUT2D eigenvalue weighted by Crippen LogP contribution is 2.34. The summed E-state index contributed by atoms with van der Waals surface area (Å²) in [6, 6.07) is 5.25. The summed E-state index contributed by atoms with van der Waals surface area (Å²) >= 11 is 0. The molecule has 2 rings (SSSR count). The fraction of sp³-hybridized carbons (Fsp3) is 0.385. The summed E-state index contributed by atoms with van der Waals surface area (Å²) in [5, 5.41) is 0. The fourth-order valence-electron chi connectivity index (χ4n) is 1.99. The Morgan fingerprint density at radius 3 is 2.50 bits per heavy atom. The molecule has 0 aromatic heterocycles. The van der Waals surface area contributed by atoms with E-state index >= 15 is 0 Å². The smallest absolute Gasteiger partial charge is 0.321 e. The Morgan fingerprint density at radius 2 is 1.89 bits per heavy atom. The maximum absolute atomic E-state index is 11.6. The van der Waals surface area contributed by atoms with Crippen molar-refractivity contribution >= 4 is 11.9 Å². The molecule has 1 aromatic rings. The Hall–Kier alpha value is -2.04. The number of rotatable bonds is 3. The van der Waals surface area contributed by atoms with Crippen molar-refractivity contribution in [3.63, 3.8) is 0 Å². The van der Waals surface area contributed by atoms with Gasteiger partial charge in [-0.2, -0.15) is 0 Å². The van der Waals surface area contributed by atoms with Crippen molar-refractivity contribution in [1.29, 1.82) is 0 Å². The van der Waals surface area contributed by atoms with Crippen LogP contribution in [0.5, 0.6) is 11.5 Å². The van der Waals surface area contributed by atoms with Gasteiger partial charge < -0.3 is 14.2 Å². The first-order valence-electron chi connectivity index (χ1n) is 5.62. The van der Waals surface area contributed by atoms with Gasteiger partial charge in [-0.3, -0.25) is 9.59 Å². The summed E-state index contributed by atoms with van der Waals surface area (Å²) in [5.41, 5.74) is 0.769. The first-order valence-corrected chi connectivity index (χ1v) is 5.62. The Balaban J connectivity index is 2.28. The summed E-state index contributed by atoms with van der Waals surface area (Å²) < 4.78 is 14.9. The largest absolute Gasteiger partial charge is 0.493 e. The van der Waals surface area contributed by atoms with Crippen LogP contribution in [0.4, 0.5) is 0 Å². The minimum atomic E-state index is -0.501. The first kappa shape index (κ1) is 12.4. The average Bonchev–Trinajstić information content (AvgIpc) is 2.38. The summed E-state index contributed by atoms with van der Waals surface area (Å²) in [6.07, 6.45) is 0.720. The number of methoxy groups -OCH3 is 2. The SMILES string of the molecule is COc1ccc(C2CCC(=O)OC2=O)cc1OC. The molecule has 1 aliphatic rings. The molecule has 0 bridgehead atoms. The minimum Gasteiger partial charge on any atom is -0.493 e. The van der Waals surface area contributed by atoms with Crippen molar-refractivity contribution in [2.24, 2.45) is 0 Å². The zero-order valence-electron chi connectivity index (χ0n) is 10.3. The van der Waals surface area contributed by atoms with Gasteiger partial charge in [-0.15, -0.1) is 0 Å². The van der Waals surface area contributed by atoms with Gasteiger partial charge in [-0.1, -0.05) is 6.07 Å². The second-order valence-corrected chi connectivity index (χ2v) is 4.00. The van der Waals surface area contributed by atoms with Crippen molar-refractivity contribution in [2.45, 2.75) is 18.8 Å². The van der Waals surface area contributed by atoms with Crippen molar-refractivity contribution in [2.75, 3.05) is 14.2 Å². The van der Waals surface area contributed by atoms with Crippen LogP contribution in [0, 0.1) is 0 Å². The van der Waals surface area contributed by atoms with E-state index in [1.807, 2.05) is 0 Å². The molecule has 0 aliphatic carbocycles. The molecule has 1 heterocycles. The standard InChI is InChI=1S/C13H14O5/c1-16-10-5-3-8(7-11(10)17-2)9-4-6-12(14)18-13(9)15/h3,5,7,9H,4,6H2,1-2H3. The van der Waals surface area contributed by atoms with Crippen LogP contribution in [-0.4, -0.2) is 26.2 Å². The maximum atomic E-state index is 11.6. The molecule has 1 unspecified atom stereocenters. The van der Waals surface area contributed by atoms with Crippen molar-refractivity contribution in [3.8, 4) is 11.5 Å². The molecule has 1 aromatic carbocycles. The van der Waals surface area contributed by atoms with Gasteiger partial charge in [0.25, 0.3) is 0 Å². The van der Waals surface area contributed by atoms with E-state index < -0.39 is 17.9 Å². The van der Waals surface area contributed by atoms with Crippen molar-refractivity contribution < 1.29 is 23.8 Å². The Bertz CT molecular complexity index is 480. The maximum Gasteiger partial charge on any atom is 0.321 e. The van der Waals surface area contributed by atoms with E-state index in [1.165, 1.54) is 7.11 Å². The summed E-state index contributed by atoms with van der Waals surface area (Å²) in [4.78, 5) is 22.6.